The van der Waals surface area contributed by atoms with Crippen molar-refractivity contribution in [1.29, 1.82) is 0 Å². The lowest BCUT2D eigenvalue weighted by atomic mass is 9.80. The predicted octanol–water partition coefficient (Wildman–Crippen LogP) is 3.79. The summed E-state index contributed by atoms with van der Waals surface area (Å²) in [5, 5.41) is 0. The third kappa shape index (κ3) is 3.91. The summed E-state index contributed by atoms with van der Waals surface area (Å²) in [6.45, 7) is 0. The van der Waals surface area contributed by atoms with Crippen LogP contribution in [0.1, 0.15) is 16.7 Å². The van der Waals surface area contributed by atoms with E-state index in [0.29, 0.717) is 0 Å². The molecule has 0 saturated carbocycles. The Hall–Kier alpha value is -2.76. The minimum Gasteiger partial charge on any atom is -0.497 e. The van der Waals surface area contributed by atoms with E-state index in [2.05, 4.69) is 12.6 Å². The number of thiol groups is 1. The summed E-state index contributed by atoms with van der Waals surface area (Å²) in [5.74, 6) is 0.400. The zero-order valence-corrected chi connectivity index (χ0v) is 16.5. The Bertz CT molecular complexity index is 859. The maximum Gasteiger partial charge on any atom is 0.325 e. The highest BCUT2D eigenvalue weighted by atomic mass is 32.1. The quantitative estimate of drug-likeness (QED) is 0.364. The van der Waals surface area contributed by atoms with Gasteiger partial charge in [-0.05, 0) is 12.1 Å². The molecule has 0 spiro atoms. The average Bonchev–Trinajstić information content (AvgIpc) is 2.78. The van der Waals surface area contributed by atoms with Crippen molar-refractivity contribution in [3.05, 3.63) is 102 Å². The minimum absolute atomic E-state index is 0.196. The van der Waals surface area contributed by atoms with Gasteiger partial charge >= 0.3 is 5.97 Å². The SMILES string of the molecule is COc1ccc(C(OC(=O)[C@@H](N)CS)(c2ccccc2)c2ccccc2)cc1. The second-order valence-electron chi connectivity index (χ2n) is 6.35. The molecule has 3 rings (SSSR count). The van der Waals surface area contributed by atoms with Crippen LogP contribution >= 0.6 is 12.6 Å². The highest BCUT2D eigenvalue weighted by Crippen LogP contribution is 2.41. The van der Waals surface area contributed by atoms with E-state index in [1.807, 2.05) is 84.9 Å². The number of carbonyl (C=O) groups excluding carboxylic acids is 1. The average molecular weight is 394 g/mol. The molecule has 28 heavy (non-hydrogen) atoms. The molecule has 0 bridgehead atoms. The predicted molar refractivity (Wildman–Crippen MR) is 114 cm³/mol. The van der Waals surface area contributed by atoms with Gasteiger partial charge in [0.25, 0.3) is 0 Å². The minimum atomic E-state index is -1.15. The van der Waals surface area contributed by atoms with Gasteiger partial charge in [0, 0.05) is 22.4 Å². The maximum atomic E-state index is 12.8. The summed E-state index contributed by atoms with van der Waals surface area (Å²) < 4.78 is 11.5. The maximum absolute atomic E-state index is 12.8. The molecule has 3 aromatic carbocycles. The molecule has 1 atom stereocenters. The first-order chi connectivity index (χ1) is 13.6. The van der Waals surface area contributed by atoms with Crippen LogP contribution in [0.3, 0.4) is 0 Å². The fourth-order valence-electron chi connectivity index (χ4n) is 3.15. The Kier molecular flexibility index (Phi) is 6.39. The first kappa shape index (κ1) is 20.0. The number of hydrogen-bond acceptors (Lipinski definition) is 5. The largest absolute Gasteiger partial charge is 0.497 e. The molecule has 0 heterocycles. The Morgan fingerprint density at radius 2 is 1.36 bits per heavy atom. The van der Waals surface area contributed by atoms with E-state index >= 15 is 0 Å². The van der Waals surface area contributed by atoms with Gasteiger partial charge in [-0.15, -0.1) is 0 Å². The molecule has 0 radical (unpaired) electrons. The van der Waals surface area contributed by atoms with Crippen LogP contribution in [0.25, 0.3) is 0 Å². The zero-order chi connectivity index (χ0) is 20.0. The molecule has 0 unspecified atom stereocenters. The van der Waals surface area contributed by atoms with E-state index in [0.717, 1.165) is 22.4 Å². The summed E-state index contributed by atoms with van der Waals surface area (Å²) in [5.41, 5.74) is 7.23. The van der Waals surface area contributed by atoms with Crippen molar-refractivity contribution < 1.29 is 14.3 Å². The second-order valence-corrected chi connectivity index (χ2v) is 6.72. The summed E-state index contributed by atoms with van der Waals surface area (Å²) in [6.07, 6.45) is 0. The molecule has 4 nitrogen and oxygen atoms in total. The second kappa shape index (κ2) is 8.95. The van der Waals surface area contributed by atoms with E-state index in [1.54, 1.807) is 7.11 Å². The Morgan fingerprint density at radius 1 is 0.893 bits per heavy atom. The molecular weight excluding hydrogens is 370 g/mol. The fraction of sp³-hybridized carbons (Fsp3) is 0.174. The van der Waals surface area contributed by atoms with Crippen molar-refractivity contribution in [2.75, 3.05) is 12.9 Å². The Labute approximate surface area is 170 Å². The van der Waals surface area contributed by atoms with E-state index in [9.17, 15) is 4.79 Å². The van der Waals surface area contributed by atoms with Crippen molar-refractivity contribution >= 4 is 18.6 Å². The topological polar surface area (TPSA) is 61.5 Å². The van der Waals surface area contributed by atoms with Crippen molar-refractivity contribution in [2.45, 2.75) is 11.6 Å². The molecule has 0 amide bonds. The van der Waals surface area contributed by atoms with Crippen LogP contribution in [0.5, 0.6) is 5.75 Å². The van der Waals surface area contributed by atoms with E-state index < -0.39 is 17.6 Å². The lowest BCUT2D eigenvalue weighted by Gasteiger charge is -2.36. The summed E-state index contributed by atoms with van der Waals surface area (Å²) in [6, 6.07) is 26.0. The Morgan fingerprint density at radius 3 is 1.79 bits per heavy atom. The standard InChI is InChI=1S/C23H23NO3S/c1-26-20-14-12-19(13-15-20)23(17-8-4-2-5-9-17,18-10-6-3-7-11-18)27-22(25)21(24)16-28/h2-15,21,28H,16,24H2,1H3/t21-/m0/s1. The highest BCUT2D eigenvalue weighted by Gasteiger charge is 2.41. The van der Waals surface area contributed by atoms with Crippen LogP contribution in [-0.2, 0) is 15.1 Å². The Balaban J connectivity index is 2.26. The van der Waals surface area contributed by atoms with Gasteiger partial charge in [-0.25, -0.2) is 0 Å². The van der Waals surface area contributed by atoms with Crippen LogP contribution in [0.2, 0.25) is 0 Å². The van der Waals surface area contributed by atoms with E-state index in [-0.39, 0.29) is 5.75 Å². The number of ether oxygens (including phenoxy) is 2. The fourth-order valence-corrected chi connectivity index (χ4v) is 3.30. The number of esters is 1. The van der Waals surface area contributed by atoms with E-state index in [4.69, 9.17) is 15.2 Å². The normalized spacial score (nSPS) is 12.2. The molecule has 3 aromatic rings. The van der Waals surface area contributed by atoms with Gasteiger partial charge in [-0.3, -0.25) is 4.79 Å². The highest BCUT2D eigenvalue weighted by molar-refractivity contribution is 7.80. The summed E-state index contributed by atoms with van der Waals surface area (Å²) >= 11 is 4.15. The molecule has 144 valence electrons. The van der Waals surface area contributed by atoms with Gasteiger partial charge in [-0.1, -0.05) is 72.8 Å². The number of hydrogen-bond donors (Lipinski definition) is 2. The van der Waals surface area contributed by atoms with Crippen LogP contribution in [0, 0.1) is 0 Å². The molecule has 0 aliphatic carbocycles. The number of nitrogens with two attached hydrogens (primary N) is 1. The molecule has 5 heteroatoms. The molecule has 0 aliphatic heterocycles. The first-order valence-corrected chi connectivity index (χ1v) is 9.60. The van der Waals surface area contributed by atoms with E-state index in [1.165, 1.54) is 0 Å². The molecule has 0 aliphatic rings. The van der Waals surface area contributed by atoms with Crippen molar-refractivity contribution in [1.82, 2.24) is 0 Å². The molecular formula is C23H23NO3S. The number of benzene rings is 3. The van der Waals surface area contributed by atoms with Crippen LogP contribution < -0.4 is 10.5 Å². The molecule has 0 aromatic heterocycles. The van der Waals surface area contributed by atoms with Crippen LogP contribution in [0.4, 0.5) is 0 Å². The zero-order valence-electron chi connectivity index (χ0n) is 15.6. The lowest BCUT2D eigenvalue weighted by Crippen LogP contribution is -2.42. The van der Waals surface area contributed by atoms with Crippen LogP contribution in [-0.4, -0.2) is 24.9 Å². The number of methoxy groups -OCH3 is 1. The van der Waals surface area contributed by atoms with Gasteiger partial charge < -0.3 is 15.2 Å². The monoisotopic (exact) mass is 393 g/mol. The number of rotatable bonds is 7. The van der Waals surface area contributed by atoms with Crippen molar-refractivity contribution in [3.63, 3.8) is 0 Å². The first-order valence-electron chi connectivity index (χ1n) is 8.96. The molecule has 2 N–H and O–H groups in total. The van der Waals surface area contributed by atoms with Gasteiger partial charge in [0.15, 0.2) is 5.60 Å². The molecule has 0 fully saturated rings. The molecule has 0 saturated heterocycles. The van der Waals surface area contributed by atoms with Crippen LogP contribution in [0.15, 0.2) is 84.9 Å². The van der Waals surface area contributed by atoms with Gasteiger partial charge in [0.2, 0.25) is 0 Å². The smallest absolute Gasteiger partial charge is 0.325 e. The summed E-state index contributed by atoms with van der Waals surface area (Å²) in [7, 11) is 1.61. The number of carbonyl (C=O) groups is 1. The van der Waals surface area contributed by atoms with Gasteiger partial charge in [-0.2, -0.15) is 12.6 Å². The van der Waals surface area contributed by atoms with Gasteiger partial charge in [0.05, 0.1) is 7.11 Å². The van der Waals surface area contributed by atoms with Crippen molar-refractivity contribution in [3.8, 4) is 5.75 Å². The van der Waals surface area contributed by atoms with Crippen molar-refractivity contribution in [2.24, 2.45) is 5.73 Å². The van der Waals surface area contributed by atoms with Gasteiger partial charge in [0.1, 0.15) is 11.8 Å². The third-order valence-corrected chi connectivity index (χ3v) is 5.00. The summed E-state index contributed by atoms with van der Waals surface area (Å²) in [4.78, 5) is 12.8. The lowest BCUT2D eigenvalue weighted by molar-refractivity contribution is -0.154. The third-order valence-electron chi connectivity index (χ3n) is 4.61.